The summed E-state index contributed by atoms with van der Waals surface area (Å²) in [5, 5.41) is 0. The molecule has 0 spiro atoms. The Labute approximate surface area is 67.4 Å². The summed E-state index contributed by atoms with van der Waals surface area (Å²) in [6, 6.07) is 4.07. The van der Waals surface area contributed by atoms with Crippen LogP contribution in [0.25, 0.3) is 0 Å². The normalized spacial score (nSPS) is 20.4. The first-order chi connectivity index (χ1) is 5.47. The van der Waals surface area contributed by atoms with Crippen LogP contribution in [0.15, 0.2) is 22.8 Å². The van der Waals surface area contributed by atoms with Crippen LogP contribution < -0.4 is 0 Å². The van der Waals surface area contributed by atoms with Crippen molar-refractivity contribution in [2.75, 3.05) is 0 Å². The van der Waals surface area contributed by atoms with Crippen LogP contribution in [-0.4, -0.2) is 0 Å². The summed E-state index contributed by atoms with van der Waals surface area (Å²) in [6.07, 6.45) is 9.20. The number of hydrogen-bond donors (Lipinski definition) is 0. The first kappa shape index (κ1) is 6.96. The van der Waals surface area contributed by atoms with Gasteiger partial charge in [-0.25, -0.2) is 0 Å². The Kier molecular flexibility index (Phi) is 1.97. The fourth-order valence-corrected chi connectivity index (χ4v) is 1.73. The second kappa shape index (κ2) is 3.12. The Balaban J connectivity index is 2.04. The van der Waals surface area contributed by atoms with Gasteiger partial charge in [-0.1, -0.05) is 0 Å². The van der Waals surface area contributed by atoms with E-state index in [2.05, 4.69) is 12.5 Å². The molecule has 1 saturated carbocycles. The quantitative estimate of drug-likeness (QED) is 0.597. The average molecular weight is 149 g/mol. The van der Waals surface area contributed by atoms with E-state index in [0.717, 1.165) is 0 Å². The van der Waals surface area contributed by atoms with Gasteiger partial charge in [0.05, 0.1) is 6.26 Å². The van der Waals surface area contributed by atoms with Crippen molar-refractivity contribution >= 4 is 0 Å². The van der Waals surface area contributed by atoms with Gasteiger partial charge in [0.25, 0.3) is 0 Å². The lowest BCUT2D eigenvalue weighted by molar-refractivity contribution is 0.406. The van der Waals surface area contributed by atoms with E-state index >= 15 is 0 Å². The van der Waals surface area contributed by atoms with Crippen LogP contribution in [0.4, 0.5) is 0 Å². The lowest BCUT2D eigenvalue weighted by atomic mass is 9.88. The lowest BCUT2D eigenvalue weighted by Gasteiger charge is -2.18. The summed E-state index contributed by atoms with van der Waals surface area (Å²) < 4.78 is 5.36. The zero-order valence-electron chi connectivity index (χ0n) is 6.62. The molecule has 0 amide bonds. The van der Waals surface area contributed by atoms with E-state index in [0.29, 0.717) is 5.92 Å². The summed E-state index contributed by atoms with van der Waals surface area (Å²) in [6.45, 7) is 0. The van der Waals surface area contributed by atoms with Crippen molar-refractivity contribution < 1.29 is 4.42 Å². The molecule has 1 aromatic rings. The van der Waals surface area contributed by atoms with Gasteiger partial charge >= 0.3 is 0 Å². The maximum absolute atomic E-state index is 5.36. The van der Waals surface area contributed by atoms with Crippen LogP contribution in [0, 0.1) is 6.42 Å². The van der Waals surface area contributed by atoms with Crippen molar-refractivity contribution in [1.29, 1.82) is 0 Å². The van der Waals surface area contributed by atoms with Crippen LogP contribution >= 0.6 is 0 Å². The average Bonchev–Trinajstić information content (AvgIpc) is 2.58. The third-order valence-electron chi connectivity index (χ3n) is 2.38. The van der Waals surface area contributed by atoms with E-state index in [9.17, 15) is 0 Å². The Morgan fingerprint density at radius 1 is 1.27 bits per heavy atom. The Hall–Kier alpha value is -0.720. The van der Waals surface area contributed by atoms with Crippen LogP contribution in [0.3, 0.4) is 0 Å². The van der Waals surface area contributed by atoms with E-state index in [4.69, 9.17) is 4.42 Å². The molecule has 1 aromatic heterocycles. The van der Waals surface area contributed by atoms with Gasteiger partial charge in [0.1, 0.15) is 5.76 Å². The third kappa shape index (κ3) is 1.47. The molecule has 11 heavy (non-hydrogen) atoms. The molecule has 0 aromatic carbocycles. The smallest absolute Gasteiger partial charge is 0.106 e. The van der Waals surface area contributed by atoms with Crippen molar-refractivity contribution in [3.63, 3.8) is 0 Å². The molecule has 59 valence electrons. The summed E-state index contributed by atoms with van der Waals surface area (Å²) in [4.78, 5) is 0. The van der Waals surface area contributed by atoms with E-state index in [1.54, 1.807) is 6.26 Å². The molecule has 1 heteroatoms. The maximum atomic E-state index is 5.36. The van der Waals surface area contributed by atoms with Crippen molar-refractivity contribution in [3.05, 3.63) is 30.6 Å². The minimum atomic E-state index is 0.690. The molecule has 1 heterocycles. The van der Waals surface area contributed by atoms with Gasteiger partial charge in [-0.3, -0.25) is 0 Å². The van der Waals surface area contributed by atoms with Crippen molar-refractivity contribution in [2.45, 2.75) is 31.6 Å². The molecule has 2 rings (SSSR count). The molecule has 0 unspecified atom stereocenters. The highest BCUT2D eigenvalue weighted by molar-refractivity contribution is 5.06. The molecule has 0 aliphatic heterocycles. The fourth-order valence-electron chi connectivity index (χ4n) is 1.73. The molecule has 0 N–H and O–H groups in total. The van der Waals surface area contributed by atoms with Gasteiger partial charge < -0.3 is 4.42 Å². The van der Waals surface area contributed by atoms with E-state index < -0.39 is 0 Å². The predicted molar refractivity (Wildman–Crippen MR) is 44.2 cm³/mol. The van der Waals surface area contributed by atoms with Crippen molar-refractivity contribution in [1.82, 2.24) is 0 Å². The Bertz CT molecular complexity index is 195. The Morgan fingerprint density at radius 2 is 2.09 bits per heavy atom. The predicted octanol–water partition coefficient (Wildman–Crippen LogP) is 3.14. The van der Waals surface area contributed by atoms with Crippen molar-refractivity contribution in [3.8, 4) is 0 Å². The molecular formula is C10H13O. The zero-order valence-corrected chi connectivity index (χ0v) is 6.62. The van der Waals surface area contributed by atoms with Gasteiger partial charge in [0.15, 0.2) is 0 Å². The number of hydrogen-bond acceptors (Lipinski definition) is 1. The third-order valence-corrected chi connectivity index (χ3v) is 2.38. The minimum Gasteiger partial charge on any atom is -0.469 e. The molecule has 0 bridgehead atoms. The topological polar surface area (TPSA) is 13.1 Å². The highest BCUT2D eigenvalue weighted by Crippen LogP contribution is 2.31. The summed E-state index contributed by atoms with van der Waals surface area (Å²) in [5.74, 6) is 1.87. The SMILES string of the molecule is [CH]1CCC(c2ccco2)CC1. The van der Waals surface area contributed by atoms with Crippen LogP contribution in [0.2, 0.25) is 0 Å². The summed E-state index contributed by atoms with van der Waals surface area (Å²) >= 11 is 0. The molecule has 0 saturated heterocycles. The number of rotatable bonds is 1. The van der Waals surface area contributed by atoms with Crippen LogP contribution in [0.1, 0.15) is 37.4 Å². The molecular weight excluding hydrogens is 136 g/mol. The number of furan rings is 1. The van der Waals surface area contributed by atoms with Crippen LogP contribution in [0.5, 0.6) is 0 Å². The van der Waals surface area contributed by atoms with E-state index in [1.165, 1.54) is 31.4 Å². The minimum absolute atomic E-state index is 0.690. The van der Waals surface area contributed by atoms with Gasteiger partial charge in [-0.15, -0.1) is 0 Å². The summed E-state index contributed by atoms with van der Waals surface area (Å²) in [5.41, 5.74) is 0. The molecule has 1 fully saturated rings. The molecule has 0 atom stereocenters. The molecule has 1 nitrogen and oxygen atoms in total. The van der Waals surface area contributed by atoms with Gasteiger partial charge in [-0.05, 0) is 44.2 Å². The first-order valence-electron chi connectivity index (χ1n) is 4.32. The van der Waals surface area contributed by atoms with E-state index in [1.807, 2.05) is 6.07 Å². The fraction of sp³-hybridized carbons (Fsp3) is 0.500. The molecule has 1 aliphatic carbocycles. The van der Waals surface area contributed by atoms with Gasteiger partial charge in [0.2, 0.25) is 0 Å². The summed E-state index contributed by atoms with van der Waals surface area (Å²) in [7, 11) is 0. The standard InChI is InChI=1S/C10H13O/c1-2-5-9(6-3-1)10-7-4-8-11-10/h1,4,7-9H,2-3,5-6H2. The van der Waals surface area contributed by atoms with Gasteiger partial charge in [0, 0.05) is 5.92 Å². The Morgan fingerprint density at radius 3 is 2.73 bits per heavy atom. The second-order valence-electron chi connectivity index (χ2n) is 3.16. The zero-order chi connectivity index (χ0) is 7.52. The highest BCUT2D eigenvalue weighted by atomic mass is 16.3. The maximum Gasteiger partial charge on any atom is 0.106 e. The van der Waals surface area contributed by atoms with Crippen molar-refractivity contribution in [2.24, 2.45) is 0 Å². The lowest BCUT2D eigenvalue weighted by Crippen LogP contribution is -2.03. The molecule has 1 aliphatic rings. The largest absolute Gasteiger partial charge is 0.469 e. The van der Waals surface area contributed by atoms with Crippen LogP contribution in [-0.2, 0) is 0 Å². The monoisotopic (exact) mass is 149 g/mol. The van der Waals surface area contributed by atoms with Gasteiger partial charge in [-0.2, -0.15) is 0 Å². The first-order valence-corrected chi connectivity index (χ1v) is 4.32. The van der Waals surface area contributed by atoms with E-state index in [-0.39, 0.29) is 0 Å². The second-order valence-corrected chi connectivity index (χ2v) is 3.16. The molecule has 1 radical (unpaired) electrons. The highest BCUT2D eigenvalue weighted by Gasteiger charge is 2.17.